The van der Waals surface area contributed by atoms with Gasteiger partial charge in [0.25, 0.3) is 0 Å². The van der Waals surface area contributed by atoms with Crippen LogP contribution in [-0.4, -0.2) is 75.2 Å². The average Bonchev–Trinajstić information content (AvgIpc) is 3.15. The average molecular weight is 901 g/mol. The van der Waals surface area contributed by atoms with Crippen molar-refractivity contribution in [2.75, 3.05) is 44.7 Å². The van der Waals surface area contributed by atoms with Crippen molar-refractivity contribution in [2.45, 2.75) is 40.7 Å². The molecular weight excluding hydrogens is 857 g/mol. The van der Waals surface area contributed by atoms with Crippen molar-refractivity contribution in [1.29, 1.82) is 0 Å². The van der Waals surface area contributed by atoms with E-state index in [2.05, 4.69) is 52.5 Å². The monoisotopic (exact) mass is 900 g/mol. The first-order valence-corrected chi connectivity index (χ1v) is 17.8. The molecule has 11 nitrogen and oxygen atoms in total. The fourth-order valence-corrected chi connectivity index (χ4v) is 6.39. The molecule has 1 radical (unpaired) electrons. The van der Waals surface area contributed by atoms with Crippen LogP contribution in [0.1, 0.15) is 45.6 Å². The normalized spacial score (nSPS) is 14.2. The van der Waals surface area contributed by atoms with E-state index < -0.39 is 22.8 Å². The molecule has 0 amide bonds. The van der Waals surface area contributed by atoms with E-state index in [1.807, 2.05) is 92.2 Å². The molecule has 0 aliphatic carbocycles. The third-order valence-electron chi connectivity index (χ3n) is 9.37. The second kappa shape index (κ2) is 20.6. The molecule has 299 valence electrons. The molecular formula is C42H43Cl2FN7O4Ru. The van der Waals surface area contributed by atoms with Gasteiger partial charge in [0.15, 0.2) is 17.0 Å². The Morgan fingerprint density at radius 3 is 1.56 bits per heavy atom. The largest absolute Gasteiger partial charge is 3.00 e. The van der Waals surface area contributed by atoms with Crippen LogP contribution in [0.15, 0.2) is 90.4 Å². The molecule has 0 bridgehead atoms. The third-order valence-corrected chi connectivity index (χ3v) is 9.37. The van der Waals surface area contributed by atoms with Gasteiger partial charge in [0.05, 0.1) is 51.3 Å². The van der Waals surface area contributed by atoms with Crippen LogP contribution in [0, 0.1) is 33.5 Å². The van der Waals surface area contributed by atoms with Crippen LogP contribution in [0.25, 0.3) is 33.7 Å². The number of piperazine rings is 1. The maximum Gasteiger partial charge on any atom is 3.00 e. The predicted molar refractivity (Wildman–Crippen MR) is 206 cm³/mol. The second-order valence-corrected chi connectivity index (χ2v) is 13.8. The van der Waals surface area contributed by atoms with Gasteiger partial charge in [-0.2, -0.15) is 0 Å². The van der Waals surface area contributed by atoms with Crippen LogP contribution in [-0.2, 0) is 19.5 Å². The molecule has 0 N–H and O–H groups in total. The number of carbonyl (C=O) groups excluding carboxylic acids is 1. The number of carbonyl (C=O) groups is 1. The van der Waals surface area contributed by atoms with Gasteiger partial charge in [-0.05, 0) is 119 Å². The number of carboxylic acids is 1. The zero-order valence-electron chi connectivity index (χ0n) is 32.4. The number of halogens is 3. The van der Waals surface area contributed by atoms with Gasteiger partial charge in [-0.3, -0.25) is 24.7 Å². The summed E-state index contributed by atoms with van der Waals surface area (Å²) in [5.74, 6) is -1.83. The summed E-state index contributed by atoms with van der Waals surface area (Å²) < 4.78 is 22.5. The number of hydrogen-bond donors (Lipinski definition) is 0. The minimum atomic E-state index is -1.57. The number of hydrogen-bond acceptors (Lipinski definition) is 10. The van der Waals surface area contributed by atoms with Gasteiger partial charge in [-0.15, -0.1) is 0 Å². The number of anilines is 1. The van der Waals surface area contributed by atoms with Crippen LogP contribution in [0.5, 0.6) is 5.75 Å². The van der Waals surface area contributed by atoms with E-state index in [0.717, 1.165) is 41.9 Å². The van der Waals surface area contributed by atoms with Crippen LogP contribution < -0.4 is 45.0 Å². The van der Waals surface area contributed by atoms with Crippen LogP contribution in [0.3, 0.4) is 0 Å². The van der Waals surface area contributed by atoms with Gasteiger partial charge in [0.2, 0.25) is 0 Å². The number of carboxylic acid groups (broad SMARTS) is 1. The van der Waals surface area contributed by atoms with E-state index in [1.165, 1.54) is 28.5 Å². The molecule has 1 atom stereocenters. The minimum Gasteiger partial charge on any atom is -1.00 e. The number of nitrogens with zero attached hydrogens (tertiary/aromatic N) is 7. The van der Waals surface area contributed by atoms with Gasteiger partial charge >= 0.3 is 19.5 Å². The predicted octanol–water partition coefficient (Wildman–Crippen LogP) is -0.264. The zero-order chi connectivity index (χ0) is 38.5. The topological polar surface area (TPSA) is 129 Å². The van der Waals surface area contributed by atoms with Crippen molar-refractivity contribution in [1.82, 2.24) is 29.4 Å². The number of aryl methyl sites for hydroxylation is 4. The fourth-order valence-electron chi connectivity index (χ4n) is 6.39. The summed E-state index contributed by atoms with van der Waals surface area (Å²) in [6.45, 7) is 13.2. The van der Waals surface area contributed by atoms with E-state index in [9.17, 15) is 19.1 Å². The summed E-state index contributed by atoms with van der Waals surface area (Å²) in [4.78, 5) is 45.1. The SMILES string of the molecule is C[C@H]1COc2c(N3CCN(C)CC3)c(F)cc3c(=O)c(C(=O)[O-])cn1c23.Cc1ccnc(-c2cc(C)ccn2)c1.Cc1ccnc(-c2cc(C)ccn2)c1.[Cl-].[Cl-].[Ru+3]. The first kappa shape index (κ1) is 46.6. The van der Waals surface area contributed by atoms with Crippen molar-refractivity contribution in [3.8, 4) is 28.5 Å². The van der Waals surface area contributed by atoms with E-state index in [0.29, 0.717) is 30.0 Å². The van der Waals surface area contributed by atoms with E-state index in [4.69, 9.17) is 4.74 Å². The van der Waals surface area contributed by atoms with E-state index in [-0.39, 0.29) is 62.3 Å². The van der Waals surface area contributed by atoms with E-state index >= 15 is 0 Å². The van der Waals surface area contributed by atoms with Crippen LogP contribution in [0.4, 0.5) is 10.1 Å². The number of aromatic nitrogens is 5. The van der Waals surface area contributed by atoms with Crippen molar-refractivity contribution < 1.29 is 63.3 Å². The molecule has 1 aromatic carbocycles. The van der Waals surface area contributed by atoms with Crippen molar-refractivity contribution in [3.05, 3.63) is 129 Å². The molecule has 15 heteroatoms. The maximum absolute atomic E-state index is 15.0. The number of benzene rings is 1. The summed E-state index contributed by atoms with van der Waals surface area (Å²) in [6, 6.07) is 17.1. The van der Waals surface area contributed by atoms with Gasteiger partial charge < -0.3 is 53.8 Å². The molecule has 0 spiro atoms. The van der Waals surface area contributed by atoms with Gasteiger partial charge in [-0.25, -0.2) is 4.39 Å². The van der Waals surface area contributed by atoms with Gasteiger partial charge in [0.1, 0.15) is 12.3 Å². The first-order chi connectivity index (χ1) is 25.9. The number of rotatable bonds is 4. The molecule has 0 saturated carbocycles. The smallest absolute Gasteiger partial charge is 1.00 e. The third kappa shape index (κ3) is 11.0. The number of aromatic carboxylic acids is 1. The van der Waals surface area contributed by atoms with Crippen LogP contribution >= 0.6 is 0 Å². The Morgan fingerprint density at radius 1 is 0.754 bits per heavy atom. The Kier molecular flexibility index (Phi) is 16.8. The summed E-state index contributed by atoms with van der Waals surface area (Å²) in [6.07, 6.45) is 8.54. The number of pyridine rings is 5. The summed E-state index contributed by atoms with van der Waals surface area (Å²) in [5.41, 5.74) is 8.14. The molecule has 1 saturated heterocycles. The second-order valence-electron chi connectivity index (χ2n) is 13.8. The first-order valence-electron chi connectivity index (χ1n) is 17.8. The molecule has 6 aromatic rings. The van der Waals surface area contributed by atoms with Crippen molar-refractivity contribution in [3.63, 3.8) is 0 Å². The molecule has 2 aliphatic rings. The molecule has 7 heterocycles. The maximum atomic E-state index is 15.0. The fraction of sp³-hybridized carbons (Fsp3) is 0.286. The molecule has 57 heavy (non-hydrogen) atoms. The quantitative estimate of drug-likeness (QED) is 0.219. The summed E-state index contributed by atoms with van der Waals surface area (Å²) in [7, 11) is 2.01. The Balaban J connectivity index is 0.000000241. The Morgan fingerprint density at radius 2 is 1.18 bits per heavy atom. The Labute approximate surface area is 356 Å². The number of likely N-dealkylation sites (N-methyl/N-ethyl adjacent to an activating group) is 1. The Hall–Kier alpha value is -4.81. The minimum absolute atomic E-state index is 0. The zero-order valence-corrected chi connectivity index (χ0v) is 35.7. The summed E-state index contributed by atoms with van der Waals surface area (Å²) in [5, 5.41) is 11.3. The van der Waals surface area contributed by atoms with Crippen molar-refractivity contribution in [2.24, 2.45) is 0 Å². The molecule has 8 rings (SSSR count). The van der Waals surface area contributed by atoms with Gasteiger partial charge in [-0.1, -0.05) is 0 Å². The van der Waals surface area contributed by atoms with Gasteiger partial charge in [0, 0.05) is 57.2 Å². The van der Waals surface area contributed by atoms with E-state index in [1.54, 1.807) is 4.57 Å². The Bertz CT molecular complexity index is 2220. The van der Waals surface area contributed by atoms with Crippen LogP contribution in [0.2, 0.25) is 0 Å². The number of ether oxygens (including phenoxy) is 1. The molecule has 0 unspecified atom stereocenters. The molecule has 1 fully saturated rings. The van der Waals surface area contributed by atoms with Crippen molar-refractivity contribution >= 4 is 22.6 Å². The molecule has 5 aromatic heterocycles. The standard InChI is InChI=1S/C18H20FN3O4.2C12H12N2.2ClH.Ru/c1-10-9-26-17-14-11(16(23)12(18(24)25)8-22(10)14)7-13(19)15(17)21-5-3-20(2)4-6-21;2*1-9-3-5-13-11(7-9)12-8-10(2)4-6-14-12;;;/h7-8,10H,3-6,9H2,1-2H3,(H,24,25);2*3-8H,1-2H3;2*1H;/q;;;;;+3/p-3/t10-;;;;;/m0...../s1. The summed E-state index contributed by atoms with van der Waals surface area (Å²) >= 11 is 0. The molecule has 2 aliphatic heterocycles.